The second-order valence-corrected chi connectivity index (χ2v) is 8.78. The molecule has 6 nitrogen and oxygen atoms in total. The number of nitrogens with one attached hydrogen (secondary N) is 2. The molecule has 168 valence electrons. The molecule has 2 N–H and O–H groups in total. The van der Waals surface area contributed by atoms with Gasteiger partial charge >= 0.3 is 0 Å². The Balaban J connectivity index is 1.49. The van der Waals surface area contributed by atoms with Crippen molar-refractivity contribution in [1.29, 1.82) is 0 Å². The third-order valence-electron chi connectivity index (χ3n) is 5.20. The number of nitrogens with zero attached hydrogens (tertiary/aromatic N) is 2. The van der Waals surface area contributed by atoms with Crippen molar-refractivity contribution in [2.75, 3.05) is 0 Å². The van der Waals surface area contributed by atoms with Crippen molar-refractivity contribution in [3.8, 4) is 11.3 Å². The smallest absolute Gasteiger partial charge is 0.222 e. The molecule has 4 aromatic rings. The van der Waals surface area contributed by atoms with Crippen LogP contribution in [-0.4, -0.2) is 21.6 Å². The van der Waals surface area contributed by atoms with E-state index >= 15 is 0 Å². The summed E-state index contributed by atoms with van der Waals surface area (Å²) in [6.45, 7) is 2.47. The summed E-state index contributed by atoms with van der Waals surface area (Å²) in [6, 6.07) is 23.6. The maximum Gasteiger partial charge on any atom is 0.222 e. The molecular weight excluding hydrogens is 432 g/mol. The summed E-state index contributed by atoms with van der Waals surface area (Å²) in [7, 11) is 0. The summed E-state index contributed by atoms with van der Waals surface area (Å²) in [5.41, 5.74) is 3.95. The number of carbonyl (C=O) groups is 2. The van der Waals surface area contributed by atoms with E-state index < -0.39 is 0 Å². The molecule has 0 saturated carbocycles. The highest BCUT2D eigenvalue weighted by Gasteiger charge is 2.19. The number of aromatic nitrogens is 2. The largest absolute Gasteiger partial charge is 0.352 e. The summed E-state index contributed by atoms with van der Waals surface area (Å²) < 4.78 is 1.91. The number of hydrogen-bond acceptors (Lipinski definition) is 4. The van der Waals surface area contributed by atoms with E-state index in [-0.39, 0.29) is 24.3 Å². The molecule has 4 rings (SSSR count). The van der Waals surface area contributed by atoms with Crippen LogP contribution in [0.3, 0.4) is 0 Å². The molecule has 2 aromatic carbocycles. The Hall–Kier alpha value is -3.71. The van der Waals surface area contributed by atoms with Crippen LogP contribution in [0.15, 0.2) is 84.4 Å². The minimum absolute atomic E-state index is 0.128. The molecule has 2 aromatic heterocycles. The molecule has 0 fully saturated rings. The Morgan fingerprint density at radius 1 is 1.00 bits per heavy atom. The van der Waals surface area contributed by atoms with E-state index in [1.54, 1.807) is 0 Å². The molecule has 0 aliphatic heterocycles. The summed E-state index contributed by atoms with van der Waals surface area (Å²) in [5, 5.41) is 12.6. The minimum atomic E-state index is -0.336. The highest BCUT2D eigenvalue weighted by molar-refractivity contribution is 7.10. The molecule has 0 radical (unpaired) electrons. The Morgan fingerprint density at radius 2 is 1.73 bits per heavy atom. The van der Waals surface area contributed by atoms with Gasteiger partial charge in [-0.05, 0) is 17.0 Å². The maximum atomic E-state index is 12.8. The van der Waals surface area contributed by atoms with Gasteiger partial charge in [-0.2, -0.15) is 5.10 Å². The predicted octanol–water partition coefficient (Wildman–Crippen LogP) is 4.54. The Morgan fingerprint density at radius 3 is 2.39 bits per heavy atom. The average Bonchev–Trinajstić information content (AvgIpc) is 3.49. The van der Waals surface area contributed by atoms with Gasteiger partial charge in [0.15, 0.2) is 0 Å². The Labute approximate surface area is 197 Å². The van der Waals surface area contributed by atoms with Crippen molar-refractivity contribution < 1.29 is 9.59 Å². The fourth-order valence-electron chi connectivity index (χ4n) is 3.69. The van der Waals surface area contributed by atoms with E-state index in [4.69, 9.17) is 5.10 Å². The Bertz CT molecular complexity index is 1190. The number of hydrogen-bond donors (Lipinski definition) is 2. The minimum Gasteiger partial charge on any atom is -0.352 e. The summed E-state index contributed by atoms with van der Waals surface area (Å²) in [4.78, 5) is 25.3. The van der Waals surface area contributed by atoms with E-state index in [1.807, 2.05) is 76.9 Å². The first-order chi connectivity index (χ1) is 16.1. The molecular formula is C26H26N4O2S. The normalized spacial score (nSPS) is 11.7. The first-order valence-corrected chi connectivity index (χ1v) is 11.7. The van der Waals surface area contributed by atoms with Crippen molar-refractivity contribution in [2.45, 2.75) is 32.5 Å². The van der Waals surface area contributed by atoms with E-state index in [0.717, 1.165) is 27.3 Å². The van der Waals surface area contributed by atoms with Crippen LogP contribution in [0.5, 0.6) is 0 Å². The van der Waals surface area contributed by atoms with Gasteiger partial charge in [0.1, 0.15) is 0 Å². The average molecular weight is 459 g/mol. The third kappa shape index (κ3) is 6.17. The van der Waals surface area contributed by atoms with Gasteiger partial charge < -0.3 is 10.6 Å². The number of carbonyl (C=O) groups excluding carboxylic acids is 2. The number of amides is 2. The van der Waals surface area contributed by atoms with Crippen LogP contribution >= 0.6 is 11.3 Å². The van der Waals surface area contributed by atoms with Crippen LogP contribution in [0.25, 0.3) is 11.3 Å². The topological polar surface area (TPSA) is 76.0 Å². The van der Waals surface area contributed by atoms with Crippen LogP contribution in [0.1, 0.15) is 35.4 Å². The van der Waals surface area contributed by atoms with Crippen molar-refractivity contribution in [3.63, 3.8) is 0 Å². The van der Waals surface area contributed by atoms with Gasteiger partial charge in [0.2, 0.25) is 11.8 Å². The molecule has 0 spiro atoms. The highest BCUT2D eigenvalue weighted by Crippen LogP contribution is 2.24. The monoisotopic (exact) mass is 458 g/mol. The lowest BCUT2D eigenvalue weighted by molar-refractivity contribution is -0.122. The zero-order chi connectivity index (χ0) is 23.0. The fraction of sp³-hybridized carbons (Fsp3) is 0.192. The molecule has 0 saturated heterocycles. The van der Waals surface area contributed by atoms with Crippen LogP contribution in [-0.2, 0) is 22.7 Å². The SMILES string of the molecule is CC(=O)N[C@@H](CC(=O)NCc1cn(Cc2ccccc2)nc1-c1ccccc1)c1cccs1. The standard InChI is InChI=1S/C26H26N4O2S/c1-19(31)28-23(24-13-8-14-33-24)15-25(32)27-16-22-18-30(17-20-9-4-2-5-10-20)29-26(22)21-11-6-3-7-12-21/h2-14,18,23H,15-17H2,1H3,(H,27,32)(H,28,31)/t23-/m0/s1. The van der Waals surface area contributed by atoms with Gasteiger partial charge in [0.25, 0.3) is 0 Å². The number of benzene rings is 2. The number of thiophene rings is 1. The van der Waals surface area contributed by atoms with Crippen LogP contribution in [0.2, 0.25) is 0 Å². The maximum absolute atomic E-state index is 12.8. The predicted molar refractivity (Wildman–Crippen MR) is 131 cm³/mol. The zero-order valence-electron chi connectivity index (χ0n) is 18.4. The molecule has 0 aliphatic carbocycles. The van der Waals surface area contributed by atoms with Gasteiger partial charge in [0.05, 0.1) is 24.7 Å². The fourth-order valence-corrected chi connectivity index (χ4v) is 4.47. The van der Waals surface area contributed by atoms with Crippen molar-refractivity contribution in [3.05, 3.63) is 100 Å². The van der Waals surface area contributed by atoms with Gasteiger partial charge in [-0.25, -0.2) is 0 Å². The molecule has 2 heterocycles. The highest BCUT2D eigenvalue weighted by atomic mass is 32.1. The zero-order valence-corrected chi connectivity index (χ0v) is 19.2. The summed E-state index contributed by atoms with van der Waals surface area (Å²) in [5.74, 6) is -0.285. The van der Waals surface area contributed by atoms with E-state index in [1.165, 1.54) is 18.3 Å². The molecule has 33 heavy (non-hydrogen) atoms. The van der Waals surface area contributed by atoms with Gasteiger partial charge in [-0.15, -0.1) is 11.3 Å². The van der Waals surface area contributed by atoms with Gasteiger partial charge in [0, 0.05) is 35.7 Å². The van der Waals surface area contributed by atoms with E-state index in [2.05, 4.69) is 22.8 Å². The van der Waals surface area contributed by atoms with Crippen LogP contribution < -0.4 is 10.6 Å². The van der Waals surface area contributed by atoms with Crippen molar-refractivity contribution >= 4 is 23.2 Å². The van der Waals surface area contributed by atoms with Crippen molar-refractivity contribution in [1.82, 2.24) is 20.4 Å². The lowest BCUT2D eigenvalue weighted by atomic mass is 10.1. The second-order valence-electron chi connectivity index (χ2n) is 7.80. The second kappa shape index (κ2) is 10.7. The first kappa shape index (κ1) is 22.5. The summed E-state index contributed by atoms with van der Waals surface area (Å²) >= 11 is 1.53. The van der Waals surface area contributed by atoms with E-state index in [0.29, 0.717) is 13.1 Å². The third-order valence-corrected chi connectivity index (χ3v) is 6.19. The molecule has 1 atom stereocenters. The lowest BCUT2D eigenvalue weighted by Crippen LogP contribution is -2.32. The van der Waals surface area contributed by atoms with Gasteiger partial charge in [-0.3, -0.25) is 14.3 Å². The quantitative estimate of drug-likeness (QED) is 0.387. The lowest BCUT2D eigenvalue weighted by Gasteiger charge is -2.16. The molecule has 0 aliphatic rings. The van der Waals surface area contributed by atoms with Gasteiger partial charge in [-0.1, -0.05) is 66.7 Å². The molecule has 7 heteroatoms. The first-order valence-electron chi connectivity index (χ1n) is 10.8. The van der Waals surface area contributed by atoms with E-state index in [9.17, 15) is 9.59 Å². The van der Waals surface area contributed by atoms with Crippen LogP contribution in [0.4, 0.5) is 0 Å². The summed E-state index contributed by atoms with van der Waals surface area (Å²) in [6.07, 6.45) is 2.17. The van der Waals surface area contributed by atoms with Crippen molar-refractivity contribution in [2.24, 2.45) is 0 Å². The number of rotatable bonds is 9. The molecule has 0 unspecified atom stereocenters. The molecule has 0 bridgehead atoms. The Kier molecular flexibility index (Phi) is 7.32. The van der Waals surface area contributed by atoms with Crippen LogP contribution in [0, 0.1) is 0 Å². The molecule has 2 amide bonds.